The fourth-order valence-electron chi connectivity index (χ4n) is 1.92. The summed E-state index contributed by atoms with van der Waals surface area (Å²) < 4.78 is 5.18. The van der Waals surface area contributed by atoms with Crippen LogP contribution in [0, 0.1) is 6.92 Å². The van der Waals surface area contributed by atoms with Crippen molar-refractivity contribution in [2.24, 2.45) is 0 Å². The maximum Gasteiger partial charge on any atom is 0.336 e. The fraction of sp³-hybridized carbons (Fsp3) is 0.308. The van der Waals surface area contributed by atoms with Gasteiger partial charge < -0.3 is 4.42 Å². The summed E-state index contributed by atoms with van der Waals surface area (Å²) in [6.45, 7) is 6.23. The highest BCUT2D eigenvalue weighted by Gasteiger charge is 2.09. The molecular weight excluding hydrogens is 188 g/mol. The third kappa shape index (κ3) is 1.67. The van der Waals surface area contributed by atoms with Crippen molar-refractivity contribution in [1.82, 2.24) is 0 Å². The van der Waals surface area contributed by atoms with Gasteiger partial charge in [0.05, 0.1) is 0 Å². The molecule has 1 aromatic heterocycles. The molecular formula is C13H14O2. The van der Waals surface area contributed by atoms with E-state index in [1.807, 2.05) is 19.1 Å². The molecule has 0 amide bonds. The molecule has 1 heterocycles. The first kappa shape index (κ1) is 9.97. The number of benzene rings is 1. The number of aryl methyl sites for hydroxylation is 1. The van der Waals surface area contributed by atoms with Gasteiger partial charge in [-0.25, -0.2) is 4.79 Å². The van der Waals surface area contributed by atoms with Gasteiger partial charge in [0.25, 0.3) is 0 Å². The maximum absolute atomic E-state index is 11.2. The van der Waals surface area contributed by atoms with Crippen LogP contribution in [0.3, 0.4) is 0 Å². The Balaban J connectivity index is 2.91. The Labute approximate surface area is 88.5 Å². The molecule has 0 unspecified atom stereocenters. The molecule has 2 heteroatoms. The molecule has 0 spiro atoms. The molecule has 2 aromatic rings. The summed E-state index contributed by atoms with van der Waals surface area (Å²) >= 11 is 0. The summed E-state index contributed by atoms with van der Waals surface area (Å²) in [5.41, 5.74) is 2.63. The highest BCUT2D eigenvalue weighted by Crippen LogP contribution is 2.26. The van der Waals surface area contributed by atoms with Crippen LogP contribution < -0.4 is 5.63 Å². The summed E-state index contributed by atoms with van der Waals surface area (Å²) in [5.74, 6) is 0.431. The van der Waals surface area contributed by atoms with Crippen molar-refractivity contribution in [3.8, 4) is 0 Å². The van der Waals surface area contributed by atoms with Crippen LogP contribution in [0.5, 0.6) is 0 Å². The second kappa shape index (κ2) is 3.54. The molecule has 0 aliphatic carbocycles. The monoisotopic (exact) mass is 202 g/mol. The summed E-state index contributed by atoms with van der Waals surface area (Å²) in [5, 5.41) is 1.08. The van der Waals surface area contributed by atoms with Gasteiger partial charge in [-0.1, -0.05) is 26.0 Å². The molecule has 1 aromatic carbocycles. The molecule has 2 rings (SSSR count). The van der Waals surface area contributed by atoms with Crippen molar-refractivity contribution in [3.63, 3.8) is 0 Å². The van der Waals surface area contributed by atoms with E-state index in [9.17, 15) is 4.79 Å². The van der Waals surface area contributed by atoms with Crippen LogP contribution in [0.15, 0.2) is 33.5 Å². The first-order valence-electron chi connectivity index (χ1n) is 5.13. The normalized spacial score (nSPS) is 11.2. The van der Waals surface area contributed by atoms with E-state index in [1.165, 1.54) is 5.56 Å². The average molecular weight is 202 g/mol. The SMILES string of the molecule is Cc1cc(=O)oc2cccc(C(C)C)c12. The van der Waals surface area contributed by atoms with Gasteiger partial charge in [-0.15, -0.1) is 0 Å². The summed E-state index contributed by atoms with van der Waals surface area (Å²) in [6.07, 6.45) is 0. The second-order valence-electron chi connectivity index (χ2n) is 4.12. The van der Waals surface area contributed by atoms with Crippen LogP contribution in [0.1, 0.15) is 30.9 Å². The van der Waals surface area contributed by atoms with Crippen LogP contribution >= 0.6 is 0 Å². The zero-order valence-corrected chi connectivity index (χ0v) is 9.20. The van der Waals surface area contributed by atoms with Crippen molar-refractivity contribution in [2.75, 3.05) is 0 Å². The van der Waals surface area contributed by atoms with E-state index in [1.54, 1.807) is 6.07 Å². The lowest BCUT2D eigenvalue weighted by Gasteiger charge is -2.10. The van der Waals surface area contributed by atoms with E-state index in [-0.39, 0.29) is 5.63 Å². The first-order valence-corrected chi connectivity index (χ1v) is 5.13. The fourth-order valence-corrected chi connectivity index (χ4v) is 1.92. The van der Waals surface area contributed by atoms with Crippen molar-refractivity contribution >= 4 is 11.0 Å². The molecule has 0 bridgehead atoms. The Morgan fingerprint density at radius 1 is 1.27 bits per heavy atom. The van der Waals surface area contributed by atoms with Crippen molar-refractivity contribution in [1.29, 1.82) is 0 Å². The molecule has 0 radical (unpaired) electrons. The highest BCUT2D eigenvalue weighted by molar-refractivity contribution is 5.84. The maximum atomic E-state index is 11.2. The lowest BCUT2D eigenvalue weighted by molar-refractivity contribution is 0.559. The third-order valence-corrected chi connectivity index (χ3v) is 2.62. The minimum absolute atomic E-state index is 0.277. The van der Waals surface area contributed by atoms with Crippen LogP contribution in [0.4, 0.5) is 0 Å². The van der Waals surface area contributed by atoms with Gasteiger partial charge in [0.15, 0.2) is 0 Å². The predicted molar refractivity (Wildman–Crippen MR) is 61.3 cm³/mol. The van der Waals surface area contributed by atoms with Gasteiger partial charge in [0.2, 0.25) is 0 Å². The van der Waals surface area contributed by atoms with Crippen molar-refractivity contribution in [3.05, 3.63) is 45.8 Å². The first-order chi connectivity index (χ1) is 7.09. The number of rotatable bonds is 1. The predicted octanol–water partition coefficient (Wildman–Crippen LogP) is 3.22. The lowest BCUT2D eigenvalue weighted by atomic mass is 9.96. The summed E-state index contributed by atoms with van der Waals surface area (Å²) in [7, 11) is 0. The molecule has 0 atom stereocenters. The number of fused-ring (bicyclic) bond motifs is 1. The van der Waals surface area contributed by atoms with E-state index < -0.39 is 0 Å². The zero-order chi connectivity index (χ0) is 11.0. The molecule has 15 heavy (non-hydrogen) atoms. The largest absolute Gasteiger partial charge is 0.423 e. The molecule has 0 saturated heterocycles. The Morgan fingerprint density at radius 3 is 2.67 bits per heavy atom. The van der Waals surface area contributed by atoms with E-state index >= 15 is 0 Å². The van der Waals surface area contributed by atoms with Gasteiger partial charge in [-0.2, -0.15) is 0 Å². The minimum atomic E-state index is -0.277. The molecule has 0 aliphatic heterocycles. The van der Waals surface area contributed by atoms with Crippen LogP contribution in [0.2, 0.25) is 0 Å². The van der Waals surface area contributed by atoms with Gasteiger partial charge in [0, 0.05) is 11.5 Å². The van der Waals surface area contributed by atoms with E-state index in [4.69, 9.17) is 4.42 Å². The molecule has 2 nitrogen and oxygen atoms in total. The van der Waals surface area contributed by atoms with Gasteiger partial charge in [-0.3, -0.25) is 0 Å². The highest BCUT2D eigenvalue weighted by atomic mass is 16.4. The van der Waals surface area contributed by atoms with E-state index in [0.29, 0.717) is 11.5 Å². The molecule has 78 valence electrons. The smallest absolute Gasteiger partial charge is 0.336 e. The van der Waals surface area contributed by atoms with Crippen molar-refractivity contribution < 1.29 is 4.42 Å². The molecule has 0 aliphatic rings. The lowest BCUT2D eigenvalue weighted by Crippen LogP contribution is -2.00. The van der Waals surface area contributed by atoms with E-state index in [2.05, 4.69) is 19.9 Å². The van der Waals surface area contributed by atoms with Crippen molar-refractivity contribution in [2.45, 2.75) is 26.7 Å². The Morgan fingerprint density at radius 2 is 2.00 bits per heavy atom. The number of hydrogen-bond donors (Lipinski definition) is 0. The second-order valence-corrected chi connectivity index (χ2v) is 4.12. The van der Waals surface area contributed by atoms with Crippen LogP contribution in [-0.2, 0) is 0 Å². The van der Waals surface area contributed by atoms with Gasteiger partial charge in [-0.05, 0) is 30.0 Å². The van der Waals surface area contributed by atoms with Crippen LogP contribution in [0.25, 0.3) is 11.0 Å². The summed E-state index contributed by atoms with van der Waals surface area (Å²) in [6, 6.07) is 7.41. The molecule has 0 N–H and O–H groups in total. The van der Waals surface area contributed by atoms with E-state index in [0.717, 1.165) is 10.9 Å². The number of hydrogen-bond acceptors (Lipinski definition) is 2. The van der Waals surface area contributed by atoms with Gasteiger partial charge in [0.1, 0.15) is 5.58 Å². The van der Waals surface area contributed by atoms with Gasteiger partial charge >= 0.3 is 5.63 Å². The minimum Gasteiger partial charge on any atom is -0.423 e. The Hall–Kier alpha value is -1.57. The average Bonchev–Trinajstić information content (AvgIpc) is 2.16. The standard InChI is InChI=1S/C13H14O2/c1-8(2)10-5-4-6-11-13(10)9(3)7-12(14)15-11/h4-8H,1-3H3. The quantitative estimate of drug-likeness (QED) is 0.664. The van der Waals surface area contributed by atoms with Crippen LogP contribution in [-0.4, -0.2) is 0 Å². The molecule has 0 fully saturated rings. The Kier molecular flexibility index (Phi) is 2.35. The summed E-state index contributed by atoms with van der Waals surface area (Å²) in [4.78, 5) is 11.2. The third-order valence-electron chi connectivity index (χ3n) is 2.62. The molecule has 0 saturated carbocycles. The zero-order valence-electron chi connectivity index (χ0n) is 9.20. The Bertz CT molecular complexity index is 550. The topological polar surface area (TPSA) is 30.2 Å².